The van der Waals surface area contributed by atoms with Crippen molar-refractivity contribution in [1.82, 2.24) is 5.32 Å². The molecule has 0 aromatic rings. The summed E-state index contributed by atoms with van der Waals surface area (Å²) in [5, 5.41) is 3.46. The second kappa shape index (κ2) is 4.97. The summed E-state index contributed by atoms with van der Waals surface area (Å²) >= 11 is 0. The van der Waals surface area contributed by atoms with Gasteiger partial charge >= 0.3 is 0 Å². The Morgan fingerprint density at radius 1 is 1.46 bits per heavy atom. The van der Waals surface area contributed by atoms with Crippen LogP contribution in [0.1, 0.15) is 33.1 Å². The van der Waals surface area contributed by atoms with E-state index in [0.717, 1.165) is 25.6 Å². The van der Waals surface area contributed by atoms with Crippen LogP contribution in [0, 0.1) is 11.3 Å². The lowest BCUT2D eigenvalue weighted by atomic mass is 9.82. The van der Waals surface area contributed by atoms with Crippen molar-refractivity contribution >= 4 is 0 Å². The van der Waals surface area contributed by atoms with E-state index >= 15 is 0 Å². The Morgan fingerprint density at radius 2 is 2.23 bits per heavy atom. The van der Waals surface area contributed by atoms with Crippen LogP contribution < -0.4 is 5.32 Å². The lowest BCUT2D eigenvalue weighted by molar-refractivity contribution is 0.190. The fourth-order valence-electron chi connectivity index (χ4n) is 2.23. The van der Waals surface area contributed by atoms with Crippen LogP contribution in [-0.2, 0) is 4.74 Å². The third kappa shape index (κ3) is 3.28. The van der Waals surface area contributed by atoms with Gasteiger partial charge in [-0.15, -0.1) is 0 Å². The number of nitrogens with one attached hydrogen (secondary N) is 1. The zero-order chi connectivity index (χ0) is 9.73. The third-order valence-corrected chi connectivity index (χ3v) is 3.35. The minimum absolute atomic E-state index is 0.556. The van der Waals surface area contributed by atoms with E-state index in [4.69, 9.17) is 4.74 Å². The third-order valence-electron chi connectivity index (χ3n) is 3.35. The highest BCUT2D eigenvalue weighted by Gasteiger charge is 2.33. The molecule has 1 aliphatic carbocycles. The molecule has 78 valence electrons. The Labute approximate surface area is 82.0 Å². The van der Waals surface area contributed by atoms with Crippen LogP contribution in [0.3, 0.4) is 0 Å². The van der Waals surface area contributed by atoms with Crippen molar-refractivity contribution in [3.8, 4) is 0 Å². The van der Waals surface area contributed by atoms with Gasteiger partial charge in [0.15, 0.2) is 0 Å². The van der Waals surface area contributed by atoms with E-state index in [1.165, 1.54) is 19.3 Å². The topological polar surface area (TPSA) is 21.3 Å². The molecule has 0 aromatic heterocycles. The molecule has 0 spiro atoms. The largest absolute Gasteiger partial charge is 0.383 e. The van der Waals surface area contributed by atoms with E-state index in [9.17, 15) is 0 Å². The Hall–Kier alpha value is -0.0800. The monoisotopic (exact) mass is 185 g/mol. The normalized spacial score (nSPS) is 26.5. The number of methoxy groups -OCH3 is 1. The standard InChI is InChI=1S/C11H23NO/c1-11(2)6-4-5-10(11)9-12-7-8-13-3/h10,12H,4-9H2,1-3H3. The highest BCUT2D eigenvalue weighted by Crippen LogP contribution is 2.41. The molecule has 13 heavy (non-hydrogen) atoms. The van der Waals surface area contributed by atoms with Crippen LogP contribution in [-0.4, -0.2) is 26.8 Å². The van der Waals surface area contributed by atoms with E-state index in [1.54, 1.807) is 7.11 Å². The summed E-state index contributed by atoms with van der Waals surface area (Å²) in [7, 11) is 1.75. The minimum Gasteiger partial charge on any atom is -0.383 e. The fourth-order valence-corrected chi connectivity index (χ4v) is 2.23. The summed E-state index contributed by atoms with van der Waals surface area (Å²) in [5.41, 5.74) is 0.556. The molecule has 0 bridgehead atoms. The average Bonchev–Trinajstić information content (AvgIpc) is 2.40. The molecule has 0 radical (unpaired) electrons. The van der Waals surface area contributed by atoms with Crippen molar-refractivity contribution in [3.05, 3.63) is 0 Å². The summed E-state index contributed by atoms with van der Waals surface area (Å²) in [4.78, 5) is 0. The molecule has 1 aliphatic rings. The first kappa shape index (κ1) is 11.0. The number of ether oxygens (including phenoxy) is 1. The van der Waals surface area contributed by atoms with Crippen LogP contribution in [0.2, 0.25) is 0 Å². The van der Waals surface area contributed by atoms with Gasteiger partial charge in [-0.1, -0.05) is 20.3 Å². The van der Waals surface area contributed by atoms with Crippen molar-refractivity contribution in [2.45, 2.75) is 33.1 Å². The van der Waals surface area contributed by atoms with Crippen LogP contribution >= 0.6 is 0 Å². The molecule has 1 rings (SSSR count). The van der Waals surface area contributed by atoms with Crippen LogP contribution in [0.15, 0.2) is 0 Å². The van der Waals surface area contributed by atoms with Gasteiger partial charge in [-0.05, 0) is 30.7 Å². The summed E-state index contributed by atoms with van der Waals surface area (Å²) in [6.07, 6.45) is 4.19. The van der Waals surface area contributed by atoms with E-state index in [-0.39, 0.29) is 0 Å². The fraction of sp³-hybridized carbons (Fsp3) is 1.00. The molecule has 1 atom stereocenters. The first-order chi connectivity index (χ1) is 6.17. The van der Waals surface area contributed by atoms with E-state index in [1.807, 2.05) is 0 Å². The molecular weight excluding hydrogens is 162 g/mol. The second-order valence-corrected chi connectivity index (χ2v) is 4.77. The first-order valence-electron chi connectivity index (χ1n) is 5.36. The van der Waals surface area contributed by atoms with Gasteiger partial charge in [-0.3, -0.25) is 0 Å². The molecule has 2 nitrogen and oxygen atoms in total. The van der Waals surface area contributed by atoms with Gasteiger partial charge in [0.2, 0.25) is 0 Å². The first-order valence-corrected chi connectivity index (χ1v) is 5.36. The number of rotatable bonds is 5. The minimum atomic E-state index is 0.556. The van der Waals surface area contributed by atoms with Gasteiger partial charge < -0.3 is 10.1 Å². The zero-order valence-corrected chi connectivity index (χ0v) is 9.23. The molecule has 1 N–H and O–H groups in total. The molecule has 0 saturated heterocycles. The molecule has 0 heterocycles. The maximum Gasteiger partial charge on any atom is 0.0587 e. The molecule has 2 heteroatoms. The maximum atomic E-state index is 5.00. The van der Waals surface area contributed by atoms with Crippen LogP contribution in [0.4, 0.5) is 0 Å². The lowest BCUT2D eigenvalue weighted by Gasteiger charge is -2.27. The smallest absolute Gasteiger partial charge is 0.0587 e. The van der Waals surface area contributed by atoms with Gasteiger partial charge in [-0.25, -0.2) is 0 Å². The average molecular weight is 185 g/mol. The summed E-state index contributed by atoms with van der Waals surface area (Å²) in [6, 6.07) is 0. The van der Waals surface area contributed by atoms with Gasteiger partial charge in [0.05, 0.1) is 6.61 Å². The molecule has 1 unspecified atom stereocenters. The van der Waals surface area contributed by atoms with Crippen molar-refractivity contribution in [3.63, 3.8) is 0 Å². The summed E-state index contributed by atoms with van der Waals surface area (Å²) in [6.45, 7) is 7.76. The van der Waals surface area contributed by atoms with E-state index in [2.05, 4.69) is 19.2 Å². The predicted molar refractivity (Wildman–Crippen MR) is 55.9 cm³/mol. The van der Waals surface area contributed by atoms with E-state index in [0.29, 0.717) is 5.41 Å². The molecule has 0 amide bonds. The van der Waals surface area contributed by atoms with E-state index < -0.39 is 0 Å². The molecule has 1 fully saturated rings. The lowest BCUT2D eigenvalue weighted by Crippen LogP contribution is -2.31. The van der Waals surface area contributed by atoms with Crippen molar-refractivity contribution in [1.29, 1.82) is 0 Å². The Kier molecular flexibility index (Phi) is 4.20. The van der Waals surface area contributed by atoms with Crippen molar-refractivity contribution < 1.29 is 4.74 Å². The van der Waals surface area contributed by atoms with Gasteiger partial charge in [0.1, 0.15) is 0 Å². The van der Waals surface area contributed by atoms with Crippen molar-refractivity contribution in [2.24, 2.45) is 11.3 Å². The Bertz CT molecular complexity index is 145. The quantitative estimate of drug-likeness (QED) is 0.662. The Balaban J connectivity index is 2.14. The van der Waals surface area contributed by atoms with Gasteiger partial charge in [0.25, 0.3) is 0 Å². The molecular formula is C11H23NO. The Morgan fingerprint density at radius 3 is 2.77 bits per heavy atom. The highest BCUT2D eigenvalue weighted by atomic mass is 16.5. The maximum absolute atomic E-state index is 5.00. The molecule has 0 aromatic carbocycles. The predicted octanol–water partition coefficient (Wildman–Crippen LogP) is 2.05. The molecule has 0 aliphatic heterocycles. The van der Waals surface area contributed by atoms with Gasteiger partial charge in [-0.2, -0.15) is 0 Å². The molecule has 1 saturated carbocycles. The van der Waals surface area contributed by atoms with Gasteiger partial charge in [0, 0.05) is 13.7 Å². The summed E-state index contributed by atoms with van der Waals surface area (Å²) < 4.78 is 5.00. The second-order valence-electron chi connectivity index (χ2n) is 4.77. The highest BCUT2D eigenvalue weighted by molar-refractivity contribution is 4.85. The zero-order valence-electron chi connectivity index (χ0n) is 9.23. The number of hydrogen-bond donors (Lipinski definition) is 1. The number of hydrogen-bond acceptors (Lipinski definition) is 2. The van der Waals surface area contributed by atoms with Crippen LogP contribution in [0.5, 0.6) is 0 Å². The van der Waals surface area contributed by atoms with Crippen molar-refractivity contribution in [2.75, 3.05) is 26.8 Å². The van der Waals surface area contributed by atoms with Crippen LogP contribution in [0.25, 0.3) is 0 Å². The summed E-state index contributed by atoms with van der Waals surface area (Å²) in [5.74, 6) is 0.865. The SMILES string of the molecule is COCCNCC1CCCC1(C)C.